The lowest BCUT2D eigenvalue weighted by molar-refractivity contribution is -0.120. The number of aromatic carboxylic acids is 1. The molecule has 1 aromatic carbocycles. The SMILES string of the molecule is CCc1c(-c2ccc3c(c2)N(C)C(=O)CO3)nc2sc(C(=O)O)c(CC)n12. The van der Waals surface area contributed by atoms with Crippen LogP contribution >= 0.6 is 11.3 Å². The average Bonchev–Trinajstić information content (AvgIpc) is 3.20. The molecule has 0 unspecified atom stereocenters. The van der Waals surface area contributed by atoms with Crippen LogP contribution < -0.4 is 9.64 Å². The van der Waals surface area contributed by atoms with Gasteiger partial charge in [0, 0.05) is 18.3 Å². The summed E-state index contributed by atoms with van der Waals surface area (Å²) in [5.41, 5.74) is 4.14. The summed E-state index contributed by atoms with van der Waals surface area (Å²) in [5, 5.41) is 9.47. The number of carbonyl (C=O) groups is 2. The van der Waals surface area contributed by atoms with Crippen LogP contribution in [0.25, 0.3) is 16.2 Å². The zero-order valence-electron chi connectivity index (χ0n) is 15.3. The number of carboxylic acids is 1. The smallest absolute Gasteiger partial charge is 0.347 e. The Labute approximate surface area is 159 Å². The van der Waals surface area contributed by atoms with Crippen molar-refractivity contribution in [3.05, 3.63) is 34.5 Å². The molecular formula is C19H19N3O4S. The van der Waals surface area contributed by atoms with Crippen molar-refractivity contribution in [1.29, 1.82) is 0 Å². The van der Waals surface area contributed by atoms with Crippen LogP contribution in [-0.2, 0) is 17.6 Å². The van der Waals surface area contributed by atoms with Crippen LogP contribution in [0.2, 0.25) is 0 Å². The van der Waals surface area contributed by atoms with Gasteiger partial charge < -0.3 is 14.7 Å². The Morgan fingerprint density at radius 2 is 2.04 bits per heavy atom. The van der Waals surface area contributed by atoms with Gasteiger partial charge in [0.05, 0.1) is 17.1 Å². The van der Waals surface area contributed by atoms with Crippen LogP contribution in [0.15, 0.2) is 18.2 Å². The lowest BCUT2D eigenvalue weighted by atomic mass is 10.1. The first-order valence-electron chi connectivity index (χ1n) is 8.76. The Morgan fingerprint density at radius 1 is 1.30 bits per heavy atom. The number of nitrogens with zero attached hydrogens (tertiary/aromatic N) is 3. The number of aryl methyl sites for hydroxylation is 2. The Morgan fingerprint density at radius 3 is 2.70 bits per heavy atom. The molecule has 1 aliphatic rings. The lowest BCUT2D eigenvalue weighted by Crippen LogP contribution is -2.35. The van der Waals surface area contributed by atoms with Crippen molar-refractivity contribution in [3.8, 4) is 17.0 Å². The minimum absolute atomic E-state index is 0.0427. The fraction of sp³-hybridized carbons (Fsp3) is 0.316. The molecule has 0 spiro atoms. The average molecular weight is 385 g/mol. The van der Waals surface area contributed by atoms with E-state index in [1.165, 1.54) is 11.3 Å². The van der Waals surface area contributed by atoms with E-state index >= 15 is 0 Å². The van der Waals surface area contributed by atoms with Gasteiger partial charge in [0.2, 0.25) is 0 Å². The second-order valence-electron chi connectivity index (χ2n) is 6.34. The number of anilines is 1. The zero-order valence-corrected chi connectivity index (χ0v) is 16.1. The number of thiazole rings is 1. The number of aromatic nitrogens is 2. The second-order valence-corrected chi connectivity index (χ2v) is 7.32. The van der Waals surface area contributed by atoms with Gasteiger partial charge in [-0.05, 0) is 31.0 Å². The van der Waals surface area contributed by atoms with Crippen LogP contribution in [0.5, 0.6) is 5.75 Å². The number of rotatable bonds is 4. The normalized spacial score (nSPS) is 13.7. The molecule has 1 amide bonds. The molecule has 4 rings (SSSR count). The van der Waals surface area contributed by atoms with Crippen molar-refractivity contribution < 1.29 is 19.4 Å². The number of hydrogen-bond donors (Lipinski definition) is 1. The summed E-state index contributed by atoms with van der Waals surface area (Å²) in [6.45, 7) is 4.02. The van der Waals surface area contributed by atoms with E-state index in [1.54, 1.807) is 11.9 Å². The van der Waals surface area contributed by atoms with E-state index < -0.39 is 5.97 Å². The number of ether oxygens (including phenoxy) is 1. The molecule has 0 aliphatic carbocycles. The van der Waals surface area contributed by atoms with E-state index in [9.17, 15) is 14.7 Å². The number of benzene rings is 1. The minimum Gasteiger partial charge on any atom is -0.482 e. The van der Waals surface area contributed by atoms with E-state index in [2.05, 4.69) is 0 Å². The van der Waals surface area contributed by atoms with Gasteiger partial charge >= 0.3 is 5.97 Å². The molecule has 7 nitrogen and oxygen atoms in total. The highest BCUT2D eigenvalue weighted by atomic mass is 32.1. The highest BCUT2D eigenvalue weighted by Crippen LogP contribution is 2.38. The van der Waals surface area contributed by atoms with Crippen LogP contribution in [0.1, 0.15) is 34.9 Å². The molecule has 1 N–H and O–H groups in total. The van der Waals surface area contributed by atoms with Crippen LogP contribution in [0, 0.1) is 0 Å². The summed E-state index contributed by atoms with van der Waals surface area (Å²) in [5.74, 6) is -0.347. The summed E-state index contributed by atoms with van der Waals surface area (Å²) in [6, 6.07) is 5.68. The fourth-order valence-electron chi connectivity index (χ4n) is 3.49. The molecule has 1 aliphatic heterocycles. The van der Waals surface area contributed by atoms with Gasteiger partial charge in [-0.2, -0.15) is 0 Å². The van der Waals surface area contributed by atoms with Crippen LogP contribution in [-0.4, -0.2) is 40.0 Å². The topological polar surface area (TPSA) is 84.1 Å². The van der Waals surface area contributed by atoms with Crippen molar-refractivity contribution in [2.24, 2.45) is 0 Å². The molecule has 0 radical (unpaired) electrons. The zero-order chi connectivity index (χ0) is 19.3. The highest BCUT2D eigenvalue weighted by molar-refractivity contribution is 7.19. The maximum absolute atomic E-state index is 11.9. The molecular weight excluding hydrogens is 366 g/mol. The molecule has 0 fully saturated rings. The van der Waals surface area contributed by atoms with E-state index in [-0.39, 0.29) is 12.5 Å². The third-order valence-electron chi connectivity index (χ3n) is 4.85. The molecule has 140 valence electrons. The predicted octanol–water partition coefficient (Wildman–Crippen LogP) is 3.24. The van der Waals surface area contributed by atoms with Gasteiger partial charge in [0.15, 0.2) is 11.6 Å². The predicted molar refractivity (Wildman–Crippen MR) is 103 cm³/mol. The van der Waals surface area contributed by atoms with Gasteiger partial charge in [-0.25, -0.2) is 9.78 Å². The van der Waals surface area contributed by atoms with Gasteiger partial charge in [-0.15, -0.1) is 0 Å². The molecule has 0 saturated carbocycles. The molecule has 0 saturated heterocycles. The summed E-state index contributed by atoms with van der Waals surface area (Å²) < 4.78 is 7.46. The van der Waals surface area contributed by atoms with E-state index in [1.807, 2.05) is 36.4 Å². The lowest BCUT2D eigenvalue weighted by Gasteiger charge is -2.26. The van der Waals surface area contributed by atoms with Crippen molar-refractivity contribution in [2.75, 3.05) is 18.6 Å². The molecule has 3 heterocycles. The number of hydrogen-bond acceptors (Lipinski definition) is 5. The van der Waals surface area contributed by atoms with Gasteiger partial charge in [-0.3, -0.25) is 9.20 Å². The quantitative estimate of drug-likeness (QED) is 0.745. The number of fused-ring (bicyclic) bond motifs is 2. The molecule has 27 heavy (non-hydrogen) atoms. The third kappa shape index (κ3) is 2.59. The van der Waals surface area contributed by atoms with Crippen molar-refractivity contribution >= 4 is 33.9 Å². The fourth-order valence-corrected chi connectivity index (χ4v) is 4.56. The molecule has 8 heteroatoms. The number of carbonyl (C=O) groups excluding carboxylic acids is 1. The molecule has 0 atom stereocenters. The number of carboxylic acid groups (broad SMARTS) is 1. The van der Waals surface area contributed by atoms with Crippen LogP contribution in [0.3, 0.4) is 0 Å². The molecule has 3 aromatic rings. The summed E-state index contributed by atoms with van der Waals surface area (Å²) >= 11 is 1.19. The molecule has 2 aromatic heterocycles. The van der Waals surface area contributed by atoms with Gasteiger partial charge in [0.25, 0.3) is 5.91 Å². The number of likely N-dealkylation sites (N-methyl/N-ethyl adjacent to an activating group) is 1. The first-order valence-corrected chi connectivity index (χ1v) is 9.57. The standard InChI is InChI=1S/C19H19N3O4S/c1-4-11-16(20-19-22(11)12(5-2)17(27-19)18(24)25)10-6-7-14-13(8-10)21(3)15(23)9-26-14/h6-8H,4-5,9H2,1-3H3,(H,24,25). The Hall–Kier alpha value is -2.87. The van der Waals surface area contributed by atoms with E-state index in [0.717, 1.165) is 22.6 Å². The monoisotopic (exact) mass is 385 g/mol. The first kappa shape index (κ1) is 17.5. The van der Waals surface area contributed by atoms with Crippen LogP contribution in [0.4, 0.5) is 5.69 Å². The number of imidazole rings is 1. The molecule has 0 bridgehead atoms. The van der Waals surface area contributed by atoms with Crippen molar-refractivity contribution in [3.63, 3.8) is 0 Å². The van der Waals surface area contributed by atoms with Crippen molar-refractivity contribution in [1.82, 2.24) is 9.38 Å². The Kier molecular flexibility index (Phi) is 4.15. The second kappa shape index (κ2) is 6.38. The third-order valence-corrected chi connectivity index (χ3v) is 5.92. The maximum atomic E-state index is 11.9. The minimum atomic E-state index is -0.919. The van der Waals surface area contributed by atoms with Gasteiger partial charge in [-0.1, -0.05) is 25.2 Å². The van der Waals surface area contributed by atoms with E-state index in [4.69, 9.17) is 9.72 Å². The Bertz CT molecular complexity index is 1080. The number of amides is 1. The summed E-state index contributed by atoms with van der Waals surface area (Å²) in [7, 11) is 1.73. The largest absolute Gasteiger partial charge is 0.482 e. The van der Waals surface area contributed by atoms with Gasteiger partial charge in [0.1, 0.15) is 10.6 Å². The first-order chi connectivity index (χ1) is 13.0. The maximum Gasteiger partial charge on any atom is 0.347 e. The van der Waals surface area contributed by atoms with E-state index in [0.29, 0.717) is 34.1 Å². The Balaban J connectivity index is 1.91. The highest BCUT2D eigenvalue weighted by Gasteiger charge is 2.26. The summed E-state index contributed by atoms with van der Waals surface area (Å²) in [4.78, 5) is 30.8. The summed E-state index contributed by atoms with van der Waals surface area (Å²) in [6.07, 6.45) is 1.32. The van der Waals surface area contributed by atoms with Crippen molar-refractivity contribution in [2.45, 2.75) is 26.7 Å².